The standard InChI is InChI=1S/C24H26F3NO/c1-15-20-21(18-7-3-4-8-19(18)28-15)23(13-5-6-14-23)29-22(20,2)16-9-11-17(12-10-16)24(25,26)27/h9-12H,3-8,13-14H2,1-2H3. The van der Waals surface area contributed by atoms with Gasteiger partial charge < -0.3 is 4.74 Å². The number of aromatic nitrogens is 1. The van der Waals surface area contributed by atoms with Crippen LogP contribution >= 0.6 is 0 Å². The second-order valence-corrected chi connectivity index (χ2v) is 8.99. The largest absolute Gasteiger partial charge is 0.416 e. The van der Waals surface area contributed by atoms with E-state index in [0.717, 1.165) is 61.8 Å². The molecule has 2 nitrogen and oxygen atoms in total. The Balaban J connectivity index is 1.71. The van der Waals surface area contributed by atoms with Gasteiger partial charge in [-0.2, -0.15) is 13.2 Å². The van der Waals surface area contributed by atoms with E-state index in [1.165, 1.54) is 35.4 Å². The second kappa shape index (κ2) is 6.31. The molecule has 0 amide bonds. The zero-order valence-corrected chi connectivity index (χ0v) is 17.0. The SMILES string of the molecule is Cc1nc2c(c3c1C(C)(c1ccc(C(F)(F)F)cc1)OC31CCCC1)CCCC2. The quantitative estimate of drug-likeness (QED) is 0.555. The van der Waals surface area contributed by atoms with Crippen LogP contribution in [0.1, 0.15) is 84.7 Å². The van der Waals surface area contributed by atoms with Crippen molar-refractivity contribution < 1.29 is 17.9 Å². The summed E-state index contributed by atoms with van der Waals surface area (Å²) in [4.78, 5) is 4.96. The summed E-state index contributed by atoms with van der Waals surface area (Å²) in [5.74, 6) is 0. The lowest BCUT2D eigenvalue weighted by atomic mass is 9.77. The van der Waals surface area contributed by atoms with Crippen molar-refractivity contribution in [2.45, 2.75) is 82.6 Å². The van der Waals surface area contributed by atoms with Crippen molar-refractivity contribution in [2.24, 2.45) is 0 Å². The molecule has 5 rings (SSSR count). The first-order valence-corrected chi connectivity index (χ1v) is 10.7. The highest BCUT2D eigenvalue weighted by Gasteiger charge is 2.55. The molecule has 2 aliphatic carbocycles. The molecule has 29 heavy (non-hydrogen) atoms. The van der Waals surface area contributed by atoms with Crippen molar-refractivity contribution in [2.75, 3.05) is 0 Å². The summed E-state index contributed by atoms with van der Waals surface area (Å²) in [7, 11) is 0. The minimum Gasteiger partial charge on any atom is -0.355 e. The maximum atomic E-state index is 13.1. The van der Waals surface area contributed by atoms with E-state index < -0.39 is 17.3 Å². The van der Waals surface area contributed by atoms with Gasteiger partial charge in [-0.3, -0.25) is 4.98 Å². The predicted octanol–water partition coefficient (Wildman–Crippen LogP) is 6.35. The number of rotatable bonds is 1. The lowest BCUT2D eigenvalue weighted by molar-refractivity contribution is -0.137. The fourth-order valence-corrected chi connectivity index (χ4v) is 5.93. The number of nitrogens with zero attached hydrogens (tertiary/aromatic N) is 1. The summed E-state index contributed by atoms with van der Waals surface area (Å²) in [6, 6.07) is 5.51. The number of hydrogen-bond acceptors (Lipinski definition) is 2. The van der Waals surface area contributed by atoms with Gasteiger partial charge >= 0.3 is 6.18 Å². The van der Waals surface area contributed by atoms with Gasteiger partial charge in [-0.25, -0.2) is 0 Å². The Kier molecular flexibility index (Phi) is 4.16. The van der Waals surface area contributed by atoms with Crippen LogP contribution in [0.5, 0.6) is 0 Å². The number of fused-ring (bicyclic) bond motifs is 4. The van der Waals surface area contributed by atoms with Gasteiger partial charge in [-0.05, 0) is 81.2 Å². The minimum absolute atomic E-state index is 0.318. The van der Waals surface area contributed by atoms with Crippen molar-refractivity contribution in [3.63, 3.8) is 0 Å². The molecule has 2 heterocycles. The molecule has 2 aromatic rings. The lowest BCUT2D eigenvalue weighted by Gasteiger charge is -2.32. The molecule has 1 spiro atoms. The van der Waals surface area contributed by atoms with Gasteiger partial charge in [0.1, 0.15) is 5.60 Å². The van der Waals surface area contributed by atoms with Gasteiger partial charge in [-0.15, -0.1) is 0 Å². The zero-order chi connectivity index (χ0) is 20.4. The number of alkyl halides is 3. The lowest BCUT2D eigenvalue weighted by Crippen LogP contribution is -2.30. The van der Waals surface area contributed by atoms with Crippen LogP contribution < -0.4 is 0 Å². The summed E-state index contributed by atoms with van der Waals surface area (Å²) in [5, 5.41) is 0. The zero-order valence-electron chi connectivity index (χ0n) is 17.0. The van der Waals surface area contributed by atoms with Gasteiger partial charge in [0.2, 0.25) is 0 Å². The maximum Gasteiger partial charge on any atom is 0.416 e. The molecule has 0 saturated heterocycles. The number of ether oxygens (including phenoxy) is 1. The average Bonchev–Trinajstić information content (AvgIpc) is 3.25. The molecule has 0 bridgehead atoms. The molecular formula is C24H26F3NO. The van der Waals surface area contributed by atoms with E-state index in [1.54, 1.807) is 12.1 Å². The van der Waals surface area contributed by atoms with Crippen LogP contribution in [0.4, 0.5) is 13.2 Å². The Morgan fingerprint density at radius 2 is 1.59 bits per heavy atom. The number of benzene rings is 1. The van der Waals surface area contributed by atoms with Crippen molar-refractivity contribution in [3.8, 4) is 0 Å². The average molecular weight is 401 g/mol. The number of hydrogen-bond donors (Lipinski definition) is 0. The van der Waals surface area contributed by atoms with Crippen molar-refractivity contribution in [1.29, 1.82) is 0 Å². The van der Waals surface area contributed by atoms with Crippen molar-refractivity contribution in [1.82, 2.24) is 4.98 Å². The van der Waals surface area contributed by atoms with E-state index in [-0.39, 0.29) is 5.60 Å². The van der Waals surface area contributed by atoms with E-state index in [1.807, 2.05) is 13.8 Å². The molecule has 1 aromatic carbocycles. The van der Waals surface area contributed by atoms with Gasteiger partial charge in [0.15, 0.2) is 0 Å². The Hall–Kier alpha value is -1.88. The third-order valence-electron chi connectivity index (χ3n) is 7.16. The van der Waals surface area contributed by atoms with Gasteiger partial charge in [0.05, 0.1) is 11.2 Å². The van der Waals surface area contributed by atoms with Crippen LogP contribution in [0.15, 0.2) is 24.3 Å². The van der Waals surface area contributed by atoms with Gasteiger partial charge in [0.25, 0.3) is 0 Å². The molecule has 154 valence electrons. The molecule has 1 aromatic heterocycles. The van der Waals surface area contributed by atoms with Crippen LogP contribution in [0.2, 0.25) is 0 Å². The van der Waals surface area contributed by atoms with Crippen LogP contribution in [0, 0.1) is 6.92 Å². The molecule has 1 unspecified atom stereocenters. The molecule has 0 radical (unpaired) electrons. The Labute approximate surface area is 169 Å². The van der Waals surface area contributed by atoms with Crippen LogP contribution in [-0.2, 0) is 35.0 Å². The number of pyridine rings is 1. The highest BCUT2D eigenvalue weighted by Crippen LogP contribution is 2.59. The highest BCUT2D eigenvalue weighted by atomic mass is 19.4. The molecule has 1 atom stereocenters. The van der Waals surface area contributed by atoms with E-state index in [9.17, 15) is 13.2 Å². The normalized spacial score (nSPS) is 25.3. The topological polar surface area (TPSA) is 22.1 Å². The molecule has 1 aliphatic heterocycles. The third-order valence-corrected chi connectivity index (χ3v) is 7.16. The van der Waals surface area contributed by atoms with Crippen LogP contribution in [-0.4, -0.2) is 4.98 Å². The van der Waals surface area contributed by atoms with Gasteiger partial charge in [0, 0.05) is 17.0 Å². The highest BCUT2D eigenvalue weighted by molar-refractivity contribution is 5.55. The smallest absolute Gasteiger partial charge is 0.355 e. The maximum absolute atomic E-state index is 13.1. The first kappa shape index (κ1) is 19.1. The van der Waals surface area contributed by atoms with E-state index in [4.69, 9.17) is 9.72 Å². The Morgan fingerprint density at radius 3 is 2.24 bits per heavy atom. The number of halogens is 3. The fraction of sp³-hybridized carbons (Fsp3) is 0.542. The summed E-state index contributed by atoms with van der Waals surface area (Å²) in [6.07, 6.45) is 4.24. The number of aryl methyl sites for hydroxylation is 2. The molecule has 1 saturated carbocycles. The molecular weight excluding hydrogens is 375 g/mol. The summed E-state index contributed by atoms with van der Waals surface area (Å²) < 4.78 is 46.2. The third kappa shape index (κ3) is 2.77. The second-order valence-electron chi connectivity index (χ2n) is 8.99. The van der Waals surface area contributed by atoms with E-state index >= 15 is 0 Å². The first-order valence-electron chi connectivity index (χ1n) is 10.7. The Morgan fingerprint density at radius 1 is 0.931 bits per heavy atom. The monoisotopic (exact) mass is 401 g/mol. The fourth-order valence-electron chi connectivity index (χ4n) is 5.93. The Bertz CT molecular complexity index is 958. The van der Waals surface area contributed by atoms with Crippen LogP contribution in [0.25, 0.3) is 0 Å². The molecule has 1 fully saturated rings. The van der Waals surface area contributed by atoms with Gasteiger partial charge in [-0.1, -0.05) is 25.0 Å². The summed E-state index contributed by atoms with van der Waals surface area (Å²) in [6.45, 7) is 4.05. The van der Waals surface area contributed by atoms with E-state index in [0.29, 0.717) is 0 Å². The van der Waals surface area contributed by atoms with Crippen LogP contribution in [0.3, 0.4) is 0 Å². The molecule has 0 N–H and O–H groups in total. The summed E-state index contributed by atoms with van der Waals surface area (Å²) >= 11 is 0. The molecule has 5 heteroatoms. The molecule has 3 aliphatic rings. The summed E-state index contributed by atoms with van der Waals surface area (Å²) in [5.41, 5.74) is 5.00. The minimum atomic E-state index is -4.34. The van der Waals surface area contributed by atoms with Crippen molar-refractivity contribution in [3.05, 3.63) is 63.5 Å². The van der Waals surface area contributed by atoms with Crippen molar-refractivity contribution >= 4 is 0 Å². The predicted molar refractivity (Wildman–Crippen MR) is 105 cm³/mol. The van der Waals surface area contributed by atoms with E-state index in [2.05, 4.69) is 0 Å². The first-order chi connectivity index (χ1) is 13.7.